The summed E-state index contributed by atoms with van der Waals surface area (Å²) in [7, 11) is 1.52. The van der Waals surface area contributed by atoms with E-state index < -0.39 is 29.8 Å². The molecule has 3 N–H and O–H groups in total. The van der Waals surface area contributed by atoms with Crippen LogP contribution in [0.5, 0.6) is 5.75 Å². The molecule has 0 aromatic heterocycles. The van der Waals surface area contributed by atoms with E-state index in [1.54, 1.807) is 24.3 Å². The molecule has 0 aliphatic carbocycles. The first-order valence-corrected chi connectivity index (χ1v) is 8.19. The Hall–Kier alpha value is -3.88. The van der Waals surface area contributed by atoms with Crippen LogP contribution in [0.2, 0.25) is 0 Å². The molecule has 28 heavy (non-hydrogen) atoms. The maximum atomic E-state index is 12.7. The summed E-state index contributed by atoms with van der Waals surface area (Å²) in [6.07, 6.45) is -0.148. The zero-order chi connectivity index (χ0) is 20.4. The number of methoxy groups -OCH3 is 1. The molecular formula is C19H16N2O7. The van der Waals surface area contributed by atoms with Crippen LogP contribution in [0.25, 0.3) is 0 Å². The molecule has 2 amide bonds. The van der Waals surface area contributed by atoms with E-state index in [2.05, 4.69) is 5.32 Å². The van der Waals surface area contributed by atoms with Gasteiger partial charge in [-0.05, 0) is 42.5 Å². The summed E-state index contributed by atoms with van der Waals surface area (Å²) in [6, 6.07) is 9.06. The van der Waals surface area contributed by atoms with Crippen LogP contribution in [0.15, 0.2) is 42.5 Å². The zero-order valence-electron chi connectivity index (χ0n) is 14.7. The fraction of sp³-hybridized carbons (Fsp3) is 0.158. The summed E-state index contributed by atoms with van der Waals surface area (Å²) in [5.41, 5.74) is -0.158. The van der Waals surface area contributed by atoms with E-state index >= 15 is 0 Å². The van der Waals surface area contributed by atoms with E-state index in [0.29, 0.717) is 11.4 Å². The van der Waals surface area contributed by atoms with E-state index in [0.717, 1.165) is 23.1 Å². The van der Waals surface area contributed by atoms with Gasteiger partial charge in [-0.3, -0.25) is 9.59 Å². The summed E-state index contributed by atoms with van der Waals surface area (Å²) >= 11 is 0. The number of nitrogens with zero attached hydrogens (tertiary/aromatic N) is 1. The first kappa shape index (κ1) is 18.9. The molecule has 1 heterocycles. The summed E-state index contributed by atoms with van der Waals surface area (Å²) < 4.78 is 5.06. The molecule has 0 saturated carbocycles. The largest absolute Gasteiger partial charge is 0.497 e. The van der Waals surface area contributed by atoms with Gasteiger partial charge in [-0.1, -0.05) is 0 Å². The molecule has 1 aliphatic heterocycles. The van der Waals surface area contributed by atoms with Crippen molar-refractivity contribution < 1.29 is 34.1 Å². The lowest BCUT2D eigenvalue weighted by atomic mass is 10.1. The standard InChI is InChI=1S/C19H16N2O7/c1-28-14-4-2-12(3-5-14)20-15-9-16(22)21(17(15)23)13-7-10(18(24)25)6-11(8-13)19(26)27/h2-8,15,20H,9H2,1H3,(H,24,25)(H,26,27). The number of carboxylic acids is 2. The SMILES string of the molecule is COc1ccc(NC2CC(=O)N(c3cc(C(=O)O)cc(C(=O)O)c3)C2=O)cc1. The number of hydrogen-bond acceptors (Lipinski definition) is 6. The second-order valence-electron chi connectivity index (χ2n) is 6.08. The van der Waals surface area contributed by atoms with Crippen LogP contribution in [-0.2, 0) is 9.59 Å². The van der Waals surface area contributed by atoms with Crippen molar-refractivity contribution in [2.24, 2.45) is 0 Å². The van der Waals surface area contributed by atoms with Gasteiger partial charge in [0.15, 0.2) is 0 Å². The Bertz CT molecular complexity index is 936. The molecule has 9 nitrogen and oxygen atoms in total. The Morgan fingerprint density at radius 2 is 1.61 bits per heavy atom. The van der Waals surface area contributed by atoms with Crippen molar-refractivity contribution in [3.05, 3.63) is 53.6 Å². The van der Waals surface area contributed by atoms with Crippen molar-refractivity contribution in [3.63, 3.8) is 0 Å². The number of carboxylic acid groups (broad SMARTS) is 2. The Labute approximate surface area is 159 Å². The molecule has 1 atom stereocenters. The van der Waals surface area contributed by atoms with Crippen molar-refractivity contribution in [1.82, 2.24) is 0 Å². The predicted octanol–water partition coefficient (Wildman–Crippen LogP) is 1.84. The van der Waals surface area contributed by atoms with Crippen molar-refractivity contribution >= 4 is 35.1 Å². The van der Waals surface area contributed by atoms with Gasteiger partial charge in [0.1, 0.15) is 11.8 Å². The molecule has 0 spiro atoms. The van der Waals surface area contributed by atoms with Crippen molar-refractivity contribution in [2.75, 3.05) is 17.3 Å². The molecule has 1 aliphatic rings. The molecule has 1 fully saturated rings. The number of carbonyl (C=O) groups excluding carboxylic acids is 2. The Morgan fingerprint density at radius 1 is 1.04 bits per heavy atom. The van der Waals surface area contributed by atoms with E-state index in [4.69, 9.17) is 4.74 Å². The summed E-state index contributed by atoms with van der Waals surface area (Å²) in [5.74, 6) is -3.25. The first-order valence-electron chi connectivity index (χ1n) is 8.19. The van der Waals surface area contributed by atoms with Crippen LogP contribution < -0.4 is 15.0 Å². The number of benzene rings is 2. The normalized spacial score (nSPS) is 16.2. The third-order valence-electron chi connectivity index (χ3n) is 4.25. The lowest BCUT2D eigenvalue weighted by molar-refractivity contribution is -0.121. The second kappa shape index (κ2) is 7.39. The van der Waals surface area contributed by atoms with E-state index in [1.807, 2.05) is 0 Å². The molecule has 1 saturated heterocycles. The number of rotatable bonds is 6. The van der Waals surface area contributed by atoms with Crippen LogP contribution in [0.4, 0.5) is 11.4 Å². The van der Waals surface area contributed by atoms with Crippen molar-refractivity contribution in [3.8, 4) is 5.75 Å². The van der Waals surface area contributed by atoms with E-state index in [-0.39, 0.29) is 23.2 Å². The fourth-order valence-corrected chi connectivity index (χ4v) is 2.89. The molecule has 1 unspecified atom stereocenters. The highest BCUT2D eigenvalue weighted by Crippen LogP contribution is 2.27. The van der Waals surface area contributed by atoms with Crippen LogP contribution in [0, 0.1) is 0 Å². The Morgan fingerprint density at radius 3 is 2.11 bits per heavy atom. The summed E-state index contributed by atoms with van der Waals surface area (Å²) in [5, 5.41) is 21.3. The highest BCUT2D eigenvalue weighted by Gasteiger charge is 2.40. The average molecular weight is 384 g/mol. The van der Waals surface area contributed by atoms with Gasteiger partial charge in [-0.25, -0.2) is 14.5 Å². The van der Waals surface area contributed by atoms with Crippen LogP contribution in [0.3, 0.4) is 0 Å². The number of imide groups is 1. The predicted molar refractivity (Wildman–Crippen MR) is 97.9 cm³/mol. The Balaban J connectivity index is 1.89. The second-order valence-corrected chi connectivity index (χ2v) is 6.08. The minimum absolute atomic E-state index is 0.0914. The summed E-state index contributed by atoms with van der Waals surface area (Å²) in [6.45, 7) is 0. The quantitative estimate of drug-likeness (QED) is 0.643. The van der Waals surface area contributed by atoms with Crippen LogP contribution in [0.1, 0.15) is 27.1 Å². The van der Waals surface area contributed by atoms with Gasteiger partial charge in [-0.2, -0.15) is 0 Å². The van der Waals surface area contributed by atoms with Gasteiger partial charge in [0.2, 0.25) is 5.91 Å². The molecular weight excluding hydrogens is 368 g/mol. The van der Waals surface area contributed by atoms with Crippen molar-refractivity contribution in [1.29, 1.82) is 0 Å². The monoisotopic (exact) mass is 384 g/mol. The average Bonchev–Trinajstić information content (AvgIpc) is 2.95. The van der Waals surface area contributed by atoms with Gasteiger partial charge in [0.25, 0.3) is 5.91 Å². The third kappa shape index (κ3) is 3.63. The minimum atomic E-state index is -1.36. The molecule has 0 bridgehead atoms. The molecule has 2 aromatic carbocycles. The third-order valence-corrected chi connectivity index (χ3v) is 4.25. The van der Waals surface area contributed by atoms with Gasteiger partial charge < -0.3 is 20.3 Å². The van der Waals surface area contributed by atoms with Gasteiger partial charge in [0.05, 0.1) is 30.3 Å². The summed E-state index contributed by atoms with van der Waals surface area (Å²) in [4.78, 5) is 48.5. The zero-order valence-corrected chi connectivity index (χ0v) is 14.7. The van der Waals surface area contributed by atoms with Gasteiger partial charge in [0, 0.05) is 5.69 Å². The van der Waals surface area contributed by atoms with Crippen LogP contribution >= 0.6 is 0 Å². The Kier molecular flexibility index (Phi) is 4.99. The van der Waals surface area contributed by atoms with Gasteiger partial charge in [-0.15, -0.1) is 0 Å². The lowest BCUT2D eigenvalue weighted by Crippen LogP contribution is -2.35. The number of nitrogens with one attached hydrogen (secondary N) is 1. The maximum Gasteiger partial charge on any atom is 0.335 e. The van der Waals surface area contributed by atoms with Crippen molar-refractivity contribution in [2.45, 2.75) is 12.5 Å². The highest BCUT2D eigenvalue weighted by molar-refractivity contribution is 6.23. The number of carbonyl (C=O) groups is 4. The molecule has 144 valence electrons. The van der Waals surface area contributed by atoms with Gasteiger partial charge >= 0.3 is 11.9 Å². The number of amides is 2. The molecule has 9 heteroatoms. The highest BCUT2D eigenvalue weighted by atomic mass is 16.5. The molecule has 2 aromatic rings. The fourth-order valence-electron chi connectivity index (χ4n) is 2.89. The van der Waals surface area contributed by atoms with E-state index in [1.165, 1.54) is 7.11 Å². The molecule has 0 radical (unpaired) electrons. The first-order chi connectivity index (χ1) is 13.3. The van der Waals surface area contributed by atoms with E-state index in [9.17, 15) is 29.4 Å². The lowest BCUT2D eigenvalue weighted by Gasteiger charge is -2.17. The topological polar surface area (TPSA) is 133 Å². The number of anilines is 2. The minimum Gasteiger partial charge on any atom is -0.497 e. The smallest absolute Gasteiger partial charge is 0.335 e. The van der Waals surface area contributed by atoms with Crippen LogP contribution in [-0.4, -0.2) is 47.1 Å². The number of ether oxygens (including phenoxy) is 1. The molecule has 3 rings (SSSR count). The maximum absolute atomic E-state index is 12.7. The number of aromatic carboxylic acids is 2. The number of hydrogen-bond donors (Lipinski definition) is 3.